The molecule has 0 spiro atoms. The minimum atomic E-state index is 0.668. The summed E-state index contributed by atoms with van der Waals surface area (Å²) in [6.07, 6.45) is 1.26. The first-order chi connectivity index (χ1) is 7.16. The van der Waals surface area contributed by atoms with Gasteiger partial charge in [0.1, 0.15) is 0 Å². The number of rotatable bonds is 4. The van der Waals surface area contributed by atoms with Gasteiger partial charge in [0, 0.05) is 23.5 Å². The van der Waals surface area contributed by atoms with Crippen molar-refractivity contribution in [1.29, 1.82) is 0 Å². The highest BCUT2D eigenvalue weighted by Gasteiger charge is 2.37. The Morgan fingerprint density at radius 1 is 1.33 bits per heavy atom. The van der Waals surface area contributed by atoms with Crippen LogP contribution in [0.2, 0.25) is 5.02 Å². The summed E-state index contributed by atoms with van der Waals surface area (Å²) >= 11 is 5.86. The molecule has 15 heavy (non-hydrogen) atoms. The van der Waals surface area contributed by atoms with E-state index < -0.39 is 0 Å². The number of halogens is 1. The largest absolute Gasteiger partial charge is 0.313 e. The lowest BCUT2D eigenvalue weighted by Gasteiger charge is -2.06. The second-order valence-corrected chi connectivity index (χ2v) is 5.02. The van der Waals surface area contributed by atoms with Crippen LogP contribution in [0.4, 0.5) is 0 Å². The van der Waals surface area contributed by atoms with E-state index >= 15 is 0 Å². The van der Waals surface area contributed by atoms with Crippen LogP contribution in [0.5, 0.6) is 0 Å². The summed E-state index contributed by atoms with van der Waals surface area (Å²) in [5, 5.41) is 4.37. The van der Waals surface area contributed by atoms with Crippen LogP contribution in [-0.2, 0) is 0 Å². The third-order valence-corrected chi connectivity index (χ3v) is 3.06. The molecule has 0 heterocycles. The maximum Gasteiger partial charge on any atom is 0.0406 e. The van der Waals surface area contributed by atoms with E-state index in [1.807, 2.05) is 12.1 Å². The van der Waals surface area contributed by atoms with Crippen LogP contribution in [0, 0.1) is 5.92 Å². The Labute approximate surface area is 96.8 Å². The molecule has 1 aliphatic rings. The zero-order chi connectivity index (χ0) is 10.8. The topological polar surface area (TPSA) is 12.0 Å². The van der Waals surface area contributed by atoms with E-state index in [9.17, 15) is 0 Å². The highest BCUT2D eigenvalue weighted by molar-refractivity contribution is 6.30. The Hall–Kier alpha value is -0.530. The van der Waals surface area contributed by atoms with Crippen molar-refractivity contribution in [1.82, 2.24) is 5.32 Å². The van der Waals surface area contributed by atoms with Gasteiger partial charge in [0.05, 0.1) is 0 Å². The molecule has 1 N–H and O–H groups in total. The number of nitrogens with one attached hydrogen (secondary N) is 1. The quantitative estimate of drug-likeness (QED) is 0.824. The molecule has 0 saturated heterocycles. The summed E-state index contributed by atoms with van der Waals surface area (Å²) in [5.41, 5.74) is 1.41. The van der Waals surface area contributed by atoms with Gasteiger partial charge in [0.15, 0.2) is 0 Å². The minimum absolute atomic E-state index is 0.668. The molecule has 0 amide bonds. The monoisotopic (exact) mass is 222 g/mol. The fourth-order valence-electron chi connectivity index (χ4n) is 1.83. The van der Waals surface area contributed by atoms with Crippen molar-refractivity contribution in [2.75, 3.05) is 6.54 Å². The fourth-order valence-corrected chi connectivity index (χ4v) is 1.96. The molecule has 2 rings (SSSR count). The summed E-state index contributed by atoms with van der Waals surface area (Å²) < 4.78 is 0. The van der Waals surface area contributed by atoms with E-state index in [0.717, 1.165) is 11.6 Å². The molecular formula is C13H17ClN. The van der Waals surface area contributed by atoms with E-state index in [2.05, 4.69) is 31.3 Å². The predicted molar refractivity (Wildman–Crippen MR) is 65.2 cm³/mol. The molecule has 0 bridgehead atoms. The molecule has 2 heteroatoms. The zero-order valence-corrected chi connectivity index (χ0v) is 10.0. The van der Waals surface area contributed by atoms with Crippen molar-refractivity contribution >= 4 is 11.6 Å². The van der Waals surface area contributed by atoms with Gasteiger partial charge in [-0.2, -0.15) is 0 Å². The summed E-state index contributed by atoms with van der Waals surface area (Å²) in [7, 11) is 0. The Morgan fingerprint density at radius 3 is 2.60 bits per heavy atom. The van der Waals surface area contributed by atoms with Gasteiger partial charge < -0.3 is 5.32 Å². The van der Waals surface area contributed by atoms with Crippen LogP contribution in [0.1, 0.15) is 31.7 Å². The molecule has 2 unspecified atom stereocenters. The van der Waals surface area contributed by atoms with Gasteiger partial charge in [0.25, 0.3) is 0 Å². The van der Waals surface area contributed by atoms with E-state index in [4.69, 9.17) is 11.6 Å². The molecule has 2 atom stereocenters. The van der Waals surface area contributed by atoms with Gasteiger partial charge in [-0.3, -0.25) is 0 Å². The standard InChI is InChI=1S/C13H17ClN/c1-9(2)8-15-13-7-12(13)10-3-5-11(14)6-4-10/h3-6,12-13,15H,7-8H2,1-2H3. The van der Waals surface area contributed by atoms with E-state index in [-0.39, 0.29) is 0 Å². The summed E-state index contributed by atoms with van der Waals surface area (Å²) in [4.78, 5) is 0. The van der Waals surface area contributed by atoms with Gasteiger partial charge in [-0.25, -0.2) is 0 Å². The van der Waals surface area contributed by atoms with Crippen LogP contribution in [0.3, 0.4) is 0 Å². The molecule has 1 radical (unpaired) electrons. The van der Waals surface area contributed by atoms with Crippen molar-refractivity contribution in [3.05, 3.63) is 40.8 Å². The second-order valence-electron chi connectivity index (χ2n) is 4.59. The van der Waals surface area contributed by atoms with Gasteiger partial charge in [-0.05, 0) is 30.0 Å². The average Bonchev–Trinajstić information content (AvgIpc) is 2.95. The summed E-state index contributed by atoms with van der Waals surface area (Å²) in [5.74, 6) is 2.14. The molecule has 81 valence electrons. The van der Waals surface area contributed by atoms with Crippen LogP contribution < -0.4 is 5.32 Å². The van der Waals surface area contributed by atoms with Gasteiger partial charge in [-0.15, -0.1) is 0 Å². The first-order valence-corrected chi connectivity index (χ1v) is 5.82. The highest BCUT2D eigenvalue weighted by Crippen LogP contribution is 2.41. The third kappa shape index (κ3) is 2.96. The molecule has 1 aliphatic carbocycles. The van der Waals surface area contributed by atoms with Gasteiger partial charge in [0.2, 0.25) is 0 Å². The van der Waals surface area contributed by atoms with Crippen molar-refractivity contribution in [3.8, 4) is 0 Å². The van der Waals surface area contributed by atoms with Gasteiger partial charge in [-0.1, -0.05) is 37.6 Å². The van der Waals surface area contributed by atoms with Crippen LogP contribution >= 0.6 is 11.6 Å². The normalized spacial score (nSPS) is 24.5. The Kier molecular flexibility index (Phi) is 3.32. The maximum absolute atomic E-state index is 5.86. The third-order valence-electron chi connectivity index (χ3n) is 2.81. The molecular weight excluding hydrogens is 206 g/mol. The van der Waals surface area contributed by atoms with Crippen molar-refractivity contribution in [2.45, 2.75) is 32.2 Å². The average molecular weight is 223 g/mol. The number of hydrogen-bond donors (Lipinski definition) is 1. The summed E-state index contributed by atoms with van der Waals surface area (Å²) in [6, 6.07) is 8.89. The molecule has 0 aromatic heterocycles. The SMILES string of the molecule is C[C](C)CNC1CC1c1ccc(Cl)cc1. The molecule has 1 aromatic carbocycles. The Bertz CT molecular complexity index is 318. The predicted octanol–water partition coefficient (Wildman–Crippen LogP) is 3.40. The highest BCUT2D eigenvalue weighted by atomic mass is 35.5. The first kappa shape index (κ1) is 11.0. The van der Waals surface area contributed by atoms with E-state index in [1.54, 1.807) is 0 Å². The minimum Gasteiger partial charge on any atom is -0.313 e. The lowest BCUT2D eigenvalue weighted by molar-refractivity contribution is 0.678. The van der Waals surface area contributed by atoms with Crippen molar-refractivity contribution in [2.24, 2.45) is 0 Å². The summed E-state index contributed by atoms with van der Waals surface area (Å²) in [6.45, 7) is 5.36. The fraction of sp³-hybridized carbons (Fsp3) is 0.462. The van der Waals surface area contributed by atoms with Crippen LogP contribution in [0.25, 0.3) is 0 Å². The second kappa shape index (κ2) is 4.54. The zero-order valence-electron chi connectivity index (χ0n) is 9.26. The maximum atomic E-state index is 5.86. The Morgan fingerprint density at radius 2 is 2.00 bits per heavy atom. The Balaban J connectivity index is 1.85. The van der Waals surface area contributed by atoms with Crippen molar-refractivity contribution < 1.29 is 0 Å². The lowest BCUT2D eigenvalue weighted by atomic mass is 10.1. The number of benzene rings is 1. The van der Waals surface area contributed by atoms with E-state index in [0.29, 0.717) is 12.0 Å². The lowest BCUT2D eigenvalue weighted by Crippen LogP contribution is -2.21. The van der Waals surface area contributed by atoms with Crippen LogP contribution in [0.15, 0.2) is 24.3 Å². The van der Waals surface area contributed by atoms with Crippen LogP contribution in [-0.4, -0.2) is 12.6 Å². The molecule has 0 aliphatic heterocycles. The number of hydrogen-bond acceptors (Lipinski definition) is 1. The van der Waals surface area contributed by atoms with Crippen molar-refractivity contribution in [3.63, 3.8) is 0 Å². The molecule has 1 fully saturated rings. The molecule has 1 aromatic rings. The first-order valence-electron chi connectivity index (χ1n) is 5.44. The smallest absolute Gasteiger partial charge is 0.0406 e. The van der Waals surface area contributed by atoms with E-state index in [1.165, 1.54) is 17.9 Å². The molecule has 1 saturated carbocycles. The molecule has 1 nitrogen and oxygen atoms in total. The van der Waals surface area contributed by atoms with Gasteiger partial charge >= 0.3 is 0 Å².